The standard InChI is InChI=1S/C18H16BrN5O3/c1-12(27-16-4-2-3-14(19)9-16)17(25)22-23-18(26)13-5-7-15(8-6-13)24-11-20-10-21-24/h2-12H,1H3,(H,22,25)(H,23,26)/t12-/m0/s1. The predicted molar refractivity (Wildman–Crippen MR) is 101 cm³/mol. The summed E-state index contributed by atoms with van der Waals surface area (Å²) in [6.07, 6.45) is 2.20. The second kappa shape index (κ2) is 8.45. The Morgan fingerprint density at radius 2 is 1.93 bits per heavy atom. The second-order valence-electron chi connectivity index (χ2n) is 5.55. The van der Waals surface area contributed by atoms with Crippen molar-refractivity contribution in [2.75, 3.05) is 0 Å². The number of nitrogens with zero attached hydrogens (tertiary/aromatic N) is 3. The molecule has 9 heteroatoms. The van der Waals surface area contributed by atoms with Crippen LogP contribution in [0.4, 0.5) is 0 Å². The van der Waals surface area contributed by atoms with Crippen LogP contribution in [0.3, 0.4) is 0 Å². The van der Waals surface area contributed by atoms with Gasteiger partial charge in [0.1, 0.15) is 18.4 Å². The van der Waals surface area contributed by atoms with Gasteiger partial charge in [0.15, 0.2) is 6.10 Å². The summed E-state index contributed by atoms with van der Waals surface area (Å²) in [5.74, 6) is -0.368. The zero-order valence-electron chi connectivity index (χ0n) is 14.3. The SMILES string of the molecule is C[C@H](Oc1cccc(Br)c1)C(=O)NNC(=O)c1ccc(-n2cncn2)cc1. The van der Waals surface area contributed by atoms with Gasteiger partial charge in [-0.15, -0.1) is 0 Å². The van der Waals surface area contributed by atoms with Crippen molar-refractivity contribution in [2.24, 2.45) is 0 Å². The number of hydrogen-bond acceptors (Lipinski definition) is 5. The van der Waals surface area contributed by atoms with Crippen LogP contribution in [0.2, 0.25) is 0 Å². The Bertz CT molecular complexity index is 928. The first-order valence-corrected chi connectivity index (χ1v) is 8.80. The van der Waals surface area contributed by atoms with Crippen molar-refractivity contribution in [2.45, 2.75) is 13.0 Å². The van der Waals surface area contributed by atoms with E-state index in [1.54, 1.807) is 60.4 Å². The molecule has 1 heterocycles. The van der Waals surface area contributed by atoms with Crippen molar-refractivity contribution in [3.05, 3.63) is 71.2 Å². The number of ether oxygens (including phenoxy) is 1. The number of halogens is 1. The summed E-state index contributed by atoms with van der Waals surface area (Å²) < 4.78 is 7.96. The van der Waals surface area contributed by atoms with Gasteiger partial charge in [-0.05, 0) is 49.4 Å². The molecule has 0 aliphatic carbocycles. The van der Waals surface area contributed by atoms with Crippen LogP contribution in [0.5, 0.6) is 5.75 Å². The highest BCUT2D eigenvalue weighted by molar-refractivity contribution is 9.10. The first-order chi connectivity index (χ1) is 13.0. The van der Waals surface area contributed by atoms with Gasteiger partial charge in [0, 0.05) is 10.0 Å². The quantitative estimate of drug-likeness (QED) is 0.606. The van der Waals surface area contributed by atoms with E-state index in [9.17, 15) is 9.59 Å². The van der Waals surface area contributed by atoms with Gasteiger partial charge in [0.25, 0.3) is 11.8 Å². The van der Waals surface area contributed by atoms with Crippen LogP contribution in [0.25, 0.3) is 5.69 Å². The van der Waals surface area contributed by atoms with Gasteiger partial charge in [-0.3, -0.25) is 20.4 Å². The molecule has 8 nitrogen and oxygen atoms in total. The normalized spacial score (nSPS) is 11.5. The third kappa shape index (κ3) is 4.91. The lowest BCUT2D eigenvalue weighted by atomic mass is 10.2. The summed E-state index contributed by atoms with van der Waals surface area (Å²) in [5, 5.41) is 4.01. The van der Waals surface area contributed by atoms with Crippen LogP contribution in [-0.4, -0.2) is 32.7 Å². The van der Waals surface area contributed by atoms with E-state index in [1.807, 2.05) is 6.07 Å². The van der Waals surface area contributed by atoms with Gasteiger partial charge < -0.3 is 4.74 Å². The predicted octanol–water partition coefficient (Wildman–Crippen LogP) is 2.26. The number of rotatable bonds is 5. The molecule has 0 saturated heterocycles. The lowest BCUT2D eigenvalue weighted by Gasteiger charge is -2.15. The van der Waals surface area contributed by atoms with Gasteiger partial charge >= 0.3 is 0 Å². The third-order valence-electron chi connectivity index (χ3n) is 3.59. The maximum Gasteiger partial charge on any atom is 0.279 e. The van der Waals surface area contributed by atoms with Crippen LogP contribution in [0.15, 0.2) is 65.7 Å². The van der Waals surface area contributed by atoms with E-state index >= 15 is 0 Å². The number of benzene rings is 2. The van der Waals surface area contributed by atoms with E-state index < -0.39 is 17.9 Å². The topological polar surface area (TPSA) is 98.1 Å². The Balaban J connectivity index is 1.52. The molecule has 3 rings (SSSR count). The molecule has 0 aliphatic rings. The fourth-order valence-corrected chi connectivity index (χ4v) is 2.58. The van der Waals surface area contributed by atoms with Crippen LogP contribution >= 0.6 is 15.9 Å². The van der Waals surface area contributed by atoms with Crippen molar-refractivity contribution < 1.29 is 14.3 Å². The van der Waals surface area contributed by atoms with Crippen LogP contribution < -0.4 is 15.6 Å². The van der Waals surface area contributed by atoms with E-state index in [1.165, 1.54) is 6.33 Å². The fourth-order valence-electron chi connectivity index (χ4n) is 2.20. The molecule has 1 aromatic heterocycles. The molecule has 1 atom stereocenters. The van der Waals surface area contributed by atoms with Crippen molar-refractivity contribution in [1.29, 1.82) is 0 Å². The summed E-state index contributed by atoms with van der Waals surface area (Å²) in [6.45, 7) is 1.59. The Labute approximate surface area is 163 Å². The van der Waals surface area contributed by atoms with Crippen molar-refractivity contribution in [3.8, 4) is 11.4 Å². The number of nitrogens with one attached hydrogen (secondary N) is 2. The third-order valence-corrected chi connectivity index (χ3v) is 4.08. The Morgan fingerprint density at radius 1 is 1.15 bits per heavy atom. The van der Waals surface area contributed by atoms with Crippen LogP contribution in [0.1, 0.15) is 17.3 Å². The minimum Gasteiger partial charge on any atom is -0.481 e. The smallest absolute Gasteiger partial charge is 0.279 e. The van der Waals surface area contributed by atoms with Crippen molar-refractivity contribution in [3.63, 3.8) is 0 Å². The zero-order chi connectivity index (χ0) is 19.2. The number of aromatic nitrogens is 3. The van der Waals surface area contributed by atoms with Crippen LogP contribution in [-0.2, 0) is 4.79 Å². The van der Waals surface area contributed by atoms with Crippen molar-refractivity contribution in [1.82, 2.24) is 25.6 Å². The molecule has 2 N–H and O–H groups in total. The molecule has 27 heavy (non-hydrogen) atoms. The number of carbonyl (C=O) groups is 2. The first-order valence-electron chi connectivity index (χ1n) is 8.00. The largest absolute Gasteiger partial charge is 0.481 e. The van der Waals surface area contributed by atoms with Crippen molar-refractivity contribution >= 4 is 27.7 Å². The number of hydrogen-bond donors (Lipinski definition) is 2. The van der Waals surface area contributed by atoms with E-state index in [0.717, 1.165) is 10.2 Å². The molecule has 0 fully saturated rings. The average molecular weight is 430 g/mol. The highest BCUT2D eigenvalue weighted by atomic mass is 79.9. The van der Waals surface area contributed by atoms with E-state index in [2.05, 4.69) is 36.9 Å². The molecular weight excluding hydrogens is 414 g/mol. The first kappa shape index (κ1) is 18.6. The summed E-state index contributed by atoms with van der Waals surface area (Å²) in [4.78, 5) is 28.1. The second-order valence-corrected chi connectivity index (χ2v) is 6.46. The molecule has 0 aliphatic heterocycles. The Kier molecular flexibility index (Phi) is 5.82. The molecular formula is C18H16BrN5O3. The Morgan fingerprint density at radius 3 is 2.59 bits per heavy atom. The molecule has 0 spiro atoms. The number of hydrazine groups is 1. The number of carbonyl (C=O) groups excluding carboxylic acids is 2. The summed E-state index contributed by atoms with van der Waals surface area (Å²) >= 11 is 3.34. The lowest BCUT2D eigenvalue weighted by Crippen LogP contribution is -2.47. The minimum atomic E-state index is -0.783. The molecule has 138 valence electrons. The zero-order valence-corrected chi connectivity index (χ0v) is 15.9. The van der Waals surface area contributed by atoms with Gasteiger partial charge in [-0.2, -0.15) is 5.10 Å². The molecule has 2 amide bonds. The van der Waals surface area contributed by atoms with E-state index in [0.29, 0.717) is 11.3 Å². The Hall–Kier alpha value is -3.20. The summed E-state index contributed by atoms with van der Waals surface area (Å²) in [6, 6.07) is 13.8. The maximum absolute atomic E-state index is 12.2. The molecule has 0 bridgehead atoms. The highest BCUT2D eigenvalue weighted by Gasteiger charge is 2.16. The van der Waals surface area contributed by atoms with Gasteiger partial charge in [-0.25, -0.2) is 9.67 Å². The summed E-state index contributed by atoms with van der Waals surface area (Å²) in [5.41, 5.74) is 5.88. The molecule has 0 radical (unpaired) electrons. The van der Waals surface area contributed by atoms with Gasteiger partial charge in [0.05, 0.1) is 5.69 Å². The fraction of sp³-hybridized carbons (Fsp3) is 0.111. The molecule has 3 aromatic rings. The highest BCUT2D eigenvalue weighted by Crippen LogP contribution is 2.18. The minimum absolute atomic E-state index is 0.389. The lowest BCUT2D eigenvalue weighted by molar-refractivity contribution is -0.128. The maximum atomic E-state index is 12.2. The molecule has 0 unspecified atom stereocenters. The van der Waals surface area contributed by atoms with Gasteiger partial charge in [-0.1, -0.05) is 22.0 Å². The average Bonchev–Trinajstić information content (AvgIpc) is 3.20. The van der Waals surface area contributed by atoms with E-state index in [-0.39, 0.29) is 0 Å². The number of amides is 2. The monoisotopic (exact) mass is 429 g/mol. The molecule has 0 saturated carbocycles. The molecule has 2 aromatic carbocycles. The van der Waals surface area contributed by atoms with Gasteiger partial charge in [0.2, 0.25) is 0 Å². The van der Waals surface area contributed by atoms with Crippen LogP contribution in [0, 0.1) is 0 Å². The van der Waals surface area contributed by atoms with E-state index in [4.69, 9.17) is 4.74 Å². The summed E-state index contributed by atoms with van der Waals surface area (Å²) in [7, 11) is 0.